The van der Waals surface area contributed by atoms with E-state index in [2.05, 4.69) is 21.3 Å². The average molecular weight is 447 g/mol. The van der Waals surface area contributed by atoms with Crippen molar-refractivity contribution >= 4 is 35.2 Å². The maximum Gasteiger partial charge on any atom is 0.252 e. The lowest BCUT2D eigenvalue weighted by atomic mass is 10.1. The molecular weight excluding hydrogens is 425 g/mol. The normalized spacial score (nSPS) is 20.5. The van der Waals surface area contributed by atoms with E-state index >= 15 is 0 Å². The Labute approximate surface area is 182 Å². The molecule has 3 atom stereocenters. The Morgan fingerprint density at radius 2 is 1.84 bits per heavy atom. The first-order valence-electron chi connectivity index (χ1n) is 9.29. The molecule has 9 nitrogen and oxygen atoms in total. The lowest BCUT2D eigenvalue weighted by molar-refractivity contribution is -0.125. The Balaban J connectivity index is 1.47. The van der Waals surface area contributed by atoms with Crippen LogP contribution in [0.5, 0.6) is 5.75 Å². The first kappa shape index (κ1) is 22.5. The van der Waals surface area contributed by atoms with Gasteiger partial charge in [-0.15, -0.1) is 11.8 Å². The van der Waals surface area contributed by atoms with Crippen LogP contribution in [-0.2, 0) is 9.59 Å². The third-order valence-electron chi connectivity index (χ3n) is 4.41. The van der Waals surface area contributed by atoms with Crippen LogP contribution in [0.1, 0.15) is 10.4 Å². The maximum atomic E-state index is 13.0. The van der Waals surface area contributed by atoms with Gasteiger partial charge in [0, 0.05) is 11.3 Å². The summed E-state index contributed by atoms with van der Waals surface area (Å²) in [5, 5.41) is 10.9. The number of hydrogen-bond donors (Lipinski definition) is 5. The molecule has 11 heteroatoms. The van der Waals surface area contributed by atoms with Gasteiger partial charge in [0.25, 0.3) is 5.91 Å². The molecule has 3 amide bonds. The number of methoxy groups -OCH3 is 1. The molecule has 1 saturated heterocycles. The van der Waals surface area contributed by atoms with Crippen molar-refractivity contribution in [3.8, 4) is 5.75 Å². The molecule has 0 saturated carbocycles. The lowest BCUT2D eigenvalue weighted by Gasteiger charge is -2.35. The predicted molar refractivity (Wildman–Crippen MR) is 115 cm³/mol. The summed E-state index contributed by atoms with van der Waals surface area (Å²) in [6.45, 7) is 0. The number of benzene rings is 2. The molecule has 0 aliphatic carbocycles. The van der Waals surface area contributed by atoms with Crippen LogP contribution < -0.4 is 31.7 Å². The van der Waals surface area contributed by atoms with Crippen LogP contribution in [0.2, 0.25) is 0 Å². The molecule has 3 rings (SSSR count). The SMILES string of the molecule is COc1ccc(NC(=O)CSC2NC(=O)C(NC(=O)c3ccc(F)cc3)C(N)N2)cc1. The van der Waals surface area contributed by atoms with Gasteiger partial charge in [0.05, 0.1) is 19.0 Å². The van der Waals surface area contributed by atoms with Gasteiger partial charge in [-0.05, 0) is 48.5 Å². The summed E-state index contributed by atoms with van der Waals surface area (Å²) in [5.41, 5.74) is 6.21. The van der Waals surface area contributed by atoms with Crippen molar-refractivity contribution in [3.63, 3.8) is 0 Å². The molecule has 0 bridgehead atoms. The van der Waals surface area contributed by atoms with Gasteiger partial charge in [-0.25, -0.2) is 4.39 Å². The fourth-order valence-corrected chi connectivity index (χ4v) is 3.64. The number of amides is 3. The van der Waals surface area contributed by atoms with Gasteiger partial charge in [-0.1, -0.05) is 0 Å². The molecule has 31 heavy (non-hydrogen) atoms. The van der Waals surface area contributed by atoms with Crippen molar-refractivity contribution in [2.75, 3.05) is 18.2 Å². The van der Waals surface area contributed by atoms with Gasteiger partial charge < -0.3 is 26.4 Å². The first-order valence-corrected chi connectivity index (χ1v) is 10.3. The molecule has 1 heterocycles. The Morgan fingerprint density at radius 1 is 1.16 bits per heavy atom. The largest absolute Gasteiger partial charge is 0.497 e. The number of nitrogens with one attached hydrogen (secondary N) is 4. The van der Waals surface area contributed by atoms with Crippen LogP contribution in [0.25, 0.3) is 0 Å². The standard InChI is InChI=1S/C20H22FN5O4S/c1-30-14-8-6-13(7-9-14)23-15(27)10-31-20-25-17(22)16(19(29)26-20)24-18(28)11-2-4-12(21)5-3-11/h2-9,16-17,20,25H,10,22H2,1H3,(H,23,27)(H,24,28)(H,26,29). The van der Waals surface area contributed by atoms with Crippen LogP contribution >= 0.6 is 11.8 Å². The zero-order chi connectivity index (χ0) is 22.4. The molecule has 1 aliphatic rings. The molecule has 2 aromatic rings. The van der Waals surface area contributed by atoms with Crippen LogP contribution in [0, 0.1) is 5.82 Å². The number of halogens is 1. The topological polar surface area (TPSA) is 135 Å². The van der Waals surface area contributed by atoms with Crippen molar-refractivity contribution < 1.29 is 23.5 Å². The highest BCUT2D eigenvalue weighted by Crippen LogP contribution is 2.16. The van der Waals surface area contributed by atoms with E-state index in [1.165, 1.54) is 12.1 Å². The number of ether oxygens (including phenoxy) is 1. The molecule has 0 spiro atoms. The number of rotatable bonds is 7. The quantitative estimate of drug-likeness (QED) is 0.419. The fraction of sp³-hybridized carbons (Fsp3) is 0.250. The summed E-state index contributed by atoms with van der Waals surface area (Å²) >= 11 is 1.14. The van der Waals surface area contributed by atoms with Crippen LogP contribution in [-0.4, -0.2) is 48.3 Å². The summed E-state index contributed by atoms with van der Waals surface area (Å²) < 4.78 is 18.1. The molecular formula is C20H22FN5O4S. The van der Waals surface area contributed by atoms with Gasteiger partial charge in [0.2, 0.25) is 11.8 Å². The Kier molecular flexibility index (Phi) is 7.45. The predicted octanol–water partition coefficient (Wildman–Crippen LogP) is 0.592. The smallest absolute Gasteiger partial charge is 0.252 e. The van der Waals surface area contributed by atoms with Gasteiger partial charge in [-0.2, -0.15) is 0 Å². The Hall–Kier alpha value is -3.15. The van der Waals surface area contributed by atoms with Crippen LogP contribution in [0.3, 0.4) is 0 Å². The third kappa shape index (κ3) is 6.17. The van der Waals surface area contributed by atoms with E-state index in [0.717, 1.165) is 23.9 Å². The molecule has 2 aromatic carbocycles. The molecule has 0 radical (unpaired) electrons. The Bertz CT molecular complexity index is 942. The second-order valence-corrected chi connectivity index (χ2v) is 7.72. The summed E-state index contributed by atoms with van der Waals surface area (Å²) in [5.74, 6) is -1.04. The van der Waals surface area contributed by atoms with Gasteiger partial charge in [0.15, 0.2) is 0 Å². The number of anilines is 1. The maximum absolute atomic E-state index is 13.0. The highest BCUT2D eigenvalue weighted by Gasteiger charge is 2.35. The second-order valence-electron chi connectivity index (χ2n) is 6.63. The molecule has 6 N–H and O–H groups in total. The number of thioether (sulfide) groups is 1. The van der Waals surface area contributed by atoms with Crippen molar-refractivity contribution in [2.45, 2.75) is 17.7 Å². The minimum Gasteiger partial charge on any atom is -0.497 e. The van der Waals surface area contributed by atoms with E-state index in [1.54, 1.807) is 31.4 Å². The van der Waals surface area contributed by atoms with Gasteiger partial charge >= 0.3 is 0 Å². The highest BCUT2D eigenvalue weighted by molar-refractivity contribution is 8.00. The zero-order valence-corrected chi connectivity index (χ0v) is 17.4. The summed E-state index contributed by atoms with van der Waals surface area (Å²) in [4.78, 5) is 36.8. The van der Waals surface area contributed by atoms with Gasteiger partial charge in [0.1, 0.15) is 23.1 Å². The van der Waals surface area contributed by atoms with E-state index in [0.29, 0.717) is 11.4 Å². The van der Waals surface area contributed by atoms with Crippen molar-refractivity contribution in [3.05, 3.63) is 59.9 Å². The van der Waals surface area contributed by atoms with Crippen LogP contribution in [0.4, 0.5) is 10.1 Å². The van der Waals surface area contributed by atoms with Crippen LogP contribution in [0.15, 0.2) is 48.5 Å². The molecule has 0 aromatic heterocycles. The number of carbonyl (C=O) groups excluding carboxylic acids is 3. The van der Waals surface area contributed by atoms with E-state index in [4.69, 9.17) is 10.5 Å². The number of carbonyl (C=O) groups is 3. The second kappa shape index (κ2) is 10.2. The minimum absolute atomic E-state index is 0.0588. The summed E-state index contributed by atoms with van der Waals surface area (Å²) in [6.07, 6.45) is -0.875. The van der Waals surface area contributed by atoms with Crippen molar-refractivity contribution in [2.24, 2.45) is 5.73 Å². The third-order valence-corrected chi connectivity index (χ3v) is 5.42. The van der Waals surface area contributed by atoms with Crippen molar-refractivity contribution in [1.29, 1.82) is 0 Å². The lowest BCUT2D eigenvalue weighted by Crippen LogP contribution is -2.70. The monoisotopic (exact) mass is 447 g/mol. The number of nitrogens with two attached hydrogens (primary N) is 1. The van der Waals surface area contributed by atoms with E-state index in [1.807, 2.05) is 0 Å². The van der Waals surface area contributed by atoms with E-state index in [9.17, 15) is 18.8 Å². The van der Waals surface area contributed by atoms with Crippen molar-refractivity contribution in [1.82, 2.24) is 16.0 Å². The Morgan fingerprint density at radius 3 is 2.45 bits per heavy atom. The van der Waals surface area contributed by atoms with E-state index in [-0.39, 0.29) is 17.2 Å². The summed E-state index contributed by atoms with van der Waals surface area (Å²) in [7, 11) is 1.55. The minimum atomic E-state index is -1.03. The fourth-order valence-electron chi connectivity index (χ4n) is 2.80. The molecule has 1 fully saturated rings. The molecule has 164 valence electrons. The van der Waals surface area contributed by atoms with E-state index < -0.39 is 35.3 Å². The first-order chi connectivity index (χ1) is 14.9. The summed E-state index contributed by atoms with van der Waals surface area (Å²) in [6, 6.07) is 10.8. The molecule has 3 unspecified atom stereocenters. The number of hydrogen-bond acceptors (Lipinski definition) is 7. The average Bonchev–Trinajstić information content (AvgIpc) is 2.75. The zero-order valence-electron chi connectivity index (χ0n) is 16.6. The van der Waals surface area contributed by atoms with Gasteiger partial charge in [-0.3, -0.25) is 19.7 Å². The highest BCUT2D eigenvalue weighted by atomic mass is 32.2. The molecule has 1 aliphatic heterocycles.